The second-order valence-corrected chi connectivity index (χ2v) is 8.02. The predicted molar refractivity (Wildman–Crippen MR) is 111 cm³/mol. The van der Waals surface area contributed by atoms with Crippen molar-refractivity contribution in [3.05, 3.63) is 74.7 Å². The summed E-state index contributed by atoms with van der Waals surface area (Å²) < 4.78 is 5.60. The molecule has 27 heavy (non-hydrogen) atoms. The molecule has 0 saturated heterocycles. The second kappa shape index (κ2) is 8.55. The number of aryl methyl sites for hydroxylation is 3. The molecule has 0 radical (unpaired) electrons. The van der Waals surface area contributed by atoms with Crippen molar-refractivity contribution in [3.8, 4) is 5.75 Å². The Morgan fingerprint density at radius 2 is 1.96 bits per heavy atom. The fraction of sp³-hybridized carbons (Fsp3) is 0.238. The maximum absolute atomic E-state index is 12.1. The molecule has 1 amide bonds. The van der Waals surface area contributed by atoms with E-state index in [9.17, 15) is 4.79 Å². The van der Waals surface area contributed by atoms with Crippen LogP contribution in [0.15, 0.2) is 42.6 Å². The number of carbonyl (C=O) groups is 1. The highest BCUT2D eigenvalue weighted by molar-refractivity contribution is 7.15. The molecule has 3 aromatic rings. The van der Waals surface area contributed by atoms with Crippen LogP contribution in [0, 0.1) is 20.8 Å². The summed E-state index contributed by atoms with van der Waals surface area (Å²) in [6.45, 7) is 5.91. The monoisotopic (exact) mass is 400 g/mol. The molecule has 0 aliphatic heterocycles. The van der Waals surface area contributed by atoms with Crippen molar-refractivity contribution >= 4 is 34.0 Å². The maximum Gasteiger partial charge on any atom is 0.264 e. The van der Waals surface area contributed by atoms with Gasteiger partial charge in [-0.05, 0) is 49.6 Å². The van der Waals surface area contributed by atoms with E-state index in [2.05, 4.69) is 16.4 Å². The summed E-state index contributed by atoms with van der Waals surface area (Å²) in [6, 6.07) is 11.9. The van der Waals surface area contributed by atoms with Crippen molar-refractivity contribution in [2.24, 2.45) is 0 Å². The topological polar surface area (TPSA) is 51.2 Å². The fourth-order valence-corrected chi connectivity index (χ4v) is 3.72. The third kappa shape index (κ3) is 5.31. The van der Waals surface area contributed by atoms with Crippen molar-refractivity contribution < 1.29 is 9.53 Å². The third-order valence-corrected chi connectivity index (χ3v) is 5.42. The molecular formula is C21H21ClN2O2S. The number of nitrogens with one attached hydrogen (secondary N) is 1. The molecule has 1 aromatic heterocycles. The Labute approximate surface area is 168 Å². The molecule has 1 N–H and O–H groups in total. The van der Waals surface area contributed by atoms with Crippen LogP contribution in [-0.4, -0.2) is 17.5 Å². The molecule has 0 unspecified atom stereocenters. The zero-order valence-corrected chi connectivity index (χ0v) is 17.1. The van der Waals surface area contributed by atoms with Gasteiger partial charge < -0.3 is 4.74 Å². The van der Waals surface area contributed by atoms with Gasteiger partial charge in [-0.1, -0.05) is 41.4 Å². The van der Waals surface area contributed by atoms with Gasteiger partial charge in [-0.2, -0.15) is 0 Å². The van der Waals surface area contributed by atoms with Crippen LogP contribution >= 0.6 is 22.9 Å². The predicted octanol–water partition coefficient (Wildman–Crippen LogP) is 5.33. The highest BCUT2D eigenvalue weighted by Crippen LogP contribution is 2.24. The summed E-state index contributed by atoms with van der Waals surface area (Å²) >= 11 is 7.63. The van der Waals surface area contributed by atoms with E-state index >= 15 is 0 Å². The van der Waals surface area contributed by atoms with E-state index in [1.807, 2.05) is 51.1 Å². The number of anilines is 1. The molecule has 0 aliphatic carbocycles. The van der Waals surface area contributed by atoms with Crippen LogP contribution < -0.4 is 10.1 Å². The zero-order valence-electron chi connectivity index (χ0n) is 15.5. The first-order chi connectivity index (χ1) is 12.9. The first-order valence-corrected chi connectivity index (χ1v) is 9.80. The van der Waals surface area contributed by atoms with Crippen LogP contribution in [-0.2, 0) is 11.2 Å². The van der Waals surface area contributed by atoms with Gasteiger partial charge >= 0.3 is 0 Å². The molecular weight excluding hydrogens is 380 g/mol. The molecule has 0 saturated carbocycles. The van der Waals surface area contributed by atoms with Crippen LogP contribution in [0.25, 0.3) is 0 Å². The SMILES string of the molecule is Cc1ccc(OCC(=O)Nc2ncc(Cc3ccc(C)c(Cl)c3)s2)c(C)c1. The smallest absolute Gasteiger partial charge is 0.264 e. The Hall–Kier alpha value is -2.37. The summed E-state index contributed by atoms with van der Waals surface area (Å²) in [6.07, 6.45) is 2.51. The van der Waals surface area contributed by atoms with Gasteiger partial charge in [0.2, 0.25) is 0 Å². The van der Waals surface area contributed by atoms with Crippen molar-refractivity contribution in [1.82, 2.24) is 4.98 Å². The number of nitrogens with zero attached hydrogens (tertiary/aromatic N) is 1. The van der Waals surface area contributed by atoms with E-state index < -0.39 is 0 Å². The lowest BCUT2D eigenvalue weighted by molar-refractivity contribution is -0.118. The Bertz CT molecular complexity index is 969. The first kappa shape index (κ1) is 19.4. The highest BCUT2D eigenvalue weighted by atomic mass is 35.5. The number of ether oxygens (including phenoxy) is 1. The van der Waals surface area contributed by atoms with Gasteiger partial charge in [-0.15, -0.1) is 11.3 Å². The van der Waals surface area contributed by atoms with Crippen molar-refractivity contribution in [3.63, 3.8) is 0 Å². The van der Waals surface area contributed by atoms with Crippen LogP contribution in [0.4, 0.5) is 5.13 Å². The van der Waals surface area contributed by atoms with Gasteiger partial charge in [-0.25, -0.2) is 4.98 Å². The third-order valence-electron chi connectivity index (χ3n) is 4.10. The number of hydrogen-bond acceptors (Lipinski definition) is 4. The lowest BCUT2D eigenvalue weighted by Gasteiger charge is -2.09. The summed E-state index contributed by atoms with van der Waals surface area (Å²) in [5, 5.41) is 4.11. The van der Waals surface area contributed by atoms with Crippen molar-refractivity contribution in [2.75, 3.05) is 11.9 Å². The Balaban J connectivity index is 1.55. The van der Waals surface area contributed by atoms with E-state index in [1.54, 1.807) is 6.20 Å². The Morgan fingerprint density at radius 3 is 2.70 bits per heavy atom. The van der Waals surface area contributed by atoms with Crippen LogP contribution in [0.5, 0.6) is 5.75 Å². The van der Waals surface area contributed by atoms with Crippen molar-refractivity contribution in [2.45, 2.75) is 27.2 Å². The van der Waals surface area contributed by atoms with Gasteiger partial charge in [0, 0.05) is 22.5 Å². The molecule has 4 nitrogen and oxygen atoms in total. The largest absolute Gasteiger partial charge is 0.483 e. The molecule has 2 aromatic carbocycles. The minimum absolute atomic E-state index is 0.0492. The first-order valence-electron chi connectivity index (χ1n) is 8.60. The minimum atomic E-state index is -0.228. The molecule has 6 heteroatoms. The summed E-state index contributed by atoms with van der Waals surface area (Å²) in [5.41, 5.74) is 4.34. The lowest BCUT2D eigenvalue weighted by atomic mass is 10.1. The maximum atomic E-state index is 12.1. The number of halogens is 1. The average molecular weight is 401 g/mol. The highest BCUT2D eigenvalue weighted by Gasteiger charge is 2.09. The van der Waals surface area contributed by atoms with Gasteiger partial charge in [0.15, 0.2) is 11.7 Å². The summed E-state index contributed by atoms with van der Waals surface area (Å²) in [7, 11) is 0. The van der Waals surface area contributed by atoms with E-state index in [0.717, 1.165) is 38.6 Å². The van der Waals surface area contributed by atoms with E-state index in [-0.39, 0.29) is 12.5 Å². The zero-order chi connectivity index (χ0) is 19.4. The Morgan fingerprint density at radius 1 is 1.15 bits per heavy atom. The number of aromatic nitrogens is 1. The number of carbonyl (C=O) groups excluding carboxylic acids is 1. The van der Waals surface area contributed by atoms with Crippen LogP contribution in [0.1, 0.15) is 27.1 Å². The molecule has 0 fully saturated rings. The minimum Gasteiger partial charge on any atom is -0.483 e. The van der Waals surface area contributed by atoms with Gasteiger partial charge in [-0.3, -0.25) is 10.1 Å². The van der Waals surface area contributed by atoms with Gasteiger partial charge in [0.1, 0.15) is 5.75 Å². The van der Waals surface area contributed by atoms with E-state index in [1.165, 1.54) is 11.3 Å². The fourth-order valence-electron chi connectivity index (χ4n) is 2.65. The molecule has 0 spiro atoms. The molecule has 0 atom stereocenters. The standard InChI is InChI=1S/C21H21ClN2O2S/c1-13-4-7-19(15(3)8-13)26-12-20(25)24-21-23-11-17(27-21)9-16-6-5-14(2)18(22)10-16/h4-8,10-11H,9,12H2,1-3H3,(H,23,24,25). The second-order valence-electron chi connectivity index (χ2n) is 6.50. The van der Waals surface area contributed by atoms with Crippen molar-refractivity contribution in [1.29, 1.82) is 0 Å². The molecule has 1 heterocycles. The van der Waals surface area contributed by atoms with E-state index in [0.29, 0.717) is 10.9 Å². The summed E-state index contributed by atoms with van der Waals surface area (Å²) in [5.74, 6) is 0.487. The van der Waals surface area contributed by atoms with Crippen LogP contribution in [0.3, 0.4) is 0 Å². The quantitative estimate of drug-likeness (QED) is 0.608. The number of hydrogen-bond donors (Lipinski definition) is 1. The molecule has 0 aliphatic rings. The summed E-state index contributed by atoms with van der Waals surface area (Å²) in [4.78, 5) is 17.5. The Kier molecular flexibility index (Phi) is 6.14. The molecule has 3 rings (SSSR count). The molecule has 140 valence electrons. The average Bonchev–Trinajstić information content (AvgIpc) is 3.04. The number of benzene rings is 2. The lowest BCUT2D eigenvalue weighted by Crippen LogP contribution is -2.20. The number of thiazole rings is 1. The van der Waals surface area contributed by atoms with E-state index in [4.69, 9.17) is 16.3 Å². The number of rotatable bonds is 6. The normalized spacial score (nSPS) is 10.7. The number of amides is 1. The van der Waals surface area contributed by atoms with Crippen LogP contribution in [0.2, 0.25) is 5.02 Å². The van der Waals surface area contributed by atoms with Gasteiger partial charge in [0.05, 0.1) is 0 Å². The van der Waals surface area contributed by atoms with Gasteiger partial charge in [0.25, 0.3) is 5.91 Å². The molecule has 0 bridgehead atoms.